The molecule has 6 nitrogen and oxygen atoms in total. The number of aromatic nitrogens is 2. The normalized spacial score (nSPS) is 11.8. The molecule has 1 heterocycles. The predicted molar refractivity (Wildman–Crippen MR) is 115 cm³/mol. The Morgan fingerprint density at radius 3 is 2.21 bits per heavy atom. The van der Waals surface area contributed by atoms with Crippen molar-refractivity contribution < 1.29 is 9.90 Å². The van der Waals surface area contributed by atoms with Gasteiger partial charge in [0.05, 0.1) is 23.7 Å². The molecular weight excluding hydrogens is 384 g/mol. The van der Waals surface area contributed by atoms with Crippen molar-refractivity contribution >= 4 is 17.9 Å². The summed E-state index contributed by atoms with van der Waals surface area (Å²) in [6.45, 7) is 11.7. The lowest BCUT2D eigenvalue weighted by Crippen LogP contribution is -2.20. The molecule has 0 spiro atoms. The molecule has 1 amide bonds. The summed E-state index contributed by atoms with van der Waals surface area (Å²) < 4.78 is 4.47. The zero-order valence-electron chi connectivity index (χ0n) is 18.2. The molecule has 2 N–H and O–H groups in total. The maximum absolute atomic E-state index is 12.7. The lowest BCUT2D eigenvalue weighted by Gasteiger charge is -2.20. The van der Waals surface area contributed by atoms with Crippen molar-refractivity contribution in [1.29, 1.82) is 5.26 Å². The van der Waals surface area contributed by atoms with Crippen molar-refractivity contribution in [1.82, 2.24) is 14.5 Å². The second-order valence-corrected chi connectivity index (χ2v) is 9.24. The molecule has 0 aliphatic heterocycles. The molecule has 1 aromatic carbocycles. The number of carbonyl (C=O) groups excluding carboxylic acids is 1. The zero-order valence-corrected chi connectivity index (χ0v) is 19.0. The Bertz CT molecular complexity index is 904. The molecule has 2 aromatic rings. The summed E-state index contributed by atoms with van der Waals surface area (Å²) >= 11 is 1.14. The van der Waals surface area contributed by atoms with Gasteiger partial charge in [-0.1, -0.05) is 27.7 Å². The monoisotopic (exact) mass is 414 g/mol. The number of hydrogen-bond acceptors (Lipinski definition) is 5. The van der Waals surface area contributed by atoms with Crippen molar-refractivity contribution in [3.8, 4) is 6.07 Å². The summed E-state index contributed by atoms with van der Waals surface area (Å²) in [4.78, 5) is 12.7. The standard InChI is InChI=1S/C22H30N4O2S/c1-13(2)16-8-15(12-23)9-17(14(3)4)18(16)10-20(27)25-29-21-11-19(22(5,6)28)26(7)24-21/h8-9,11,13-14,28H,10H2,1-7H3,(H,25,27). The van der Waals surface area contributed by atoms with Gasteiger partial charge in [-0.15, -0.1) is 0 Å². The van der Waals surface area contributed by atoms with E-state index in [4.69, 9.17) is 0 Å². The SMILES string of the molecule is CC(C)c1cc(C#N)cc(C(C)C)c1CC(=O)NSc1cc(C(C)(C)O)n(C)n1. The molecule has 0 atom stereocenters. The minimum atomic E-state index is -1.01. The van der Waals surface area contributed by atoms with E-state index >= 15 is 0 Å². The summed E-state index contributed by atoms with van der Waals surface area (Å²) in [5.74, 6) is 0.293. The van der Waals surface area contributed by atoms with Crippen LogP contribution in [0.4, 0.5) is 0 Å². The maximum atomic E-state index is 12.7. The molecule has 156 valence electrons. The van der Waals surface area contributed by atoms with Crippen LogP contribution in [0.1, 0.15) is 81.3 Å². The van der Waals surface area contributed by atoms with E-state index in [2.05, 4.69) is 43.6 Å². The van der Waals surface area contributed by atoms with Gasteiger partial charge in [-0.3, -0.25) is 14.2 Å². The van der Waals surface area contributed by atoms with Gasteiger partial charge in [0, 0.05) is 19.0 Å². The maximum Gasteiger partial charge on any atom is 0.234 e. The first-order valence-corrected chi connectivity index (χ1v) is 10.5. The number of aliphatic hydroxyl groups is 1. The van der Waals surface area contributed by atoms with Crippen LogP contribution < -0.4 is 4.72 Å². The summed E-state index contributed by atoms with van der Waals surface area (Å²) in [6, 6.07) is 7.78. The van der Waals surface area contributed by atoms with E-state index in [-0.39, 0.29) is 24.2 Å². The number of benzene rings is 1. The molecule has 0 saturated heterocycles. The van der Waals surface area contributed by atoms with Crippen molar-refractivity contribution in [2.24, 2.45) is 7.05 Å². The van der Waals surface area contributed by atoms with Crippen molar-refractivity contribution in [2.75, 3.05) is 0 Å². The number of carbonyl (C=O) groups is 1. The molecule has 0 aliphatic rings. The van der Waals surface area contributed by atoms with Gasteiger partial charge < -0.3 is 5.11 Å². The van der Waals surface area contributed by atoms with Crippen LogP contribution in [0.5, 0.6) is 0 Å². The predicted octanol–water partition coefficient (Wildman–Crippen LogP) is 4.13. The molecule has 0 radical (unpaired) electrons. The van der Waals surface area contributed by atoms with Crippen LogP contribution in [-0.2, 0) is 23.9 Å². The Labute approximate surface area is 177 Å². The molecule has 2 rings (SSSR count). The molecule has 0 fully saturated rings. The fraction of sp³-hybridized carbons (Fsp3) is 0.500. The third-order valence-electron chi connectivity index (χ3n) is 4.78. The van der Waals surface area contributed by atoms with Gasteiger partial charge in [-0.05, 0) is 60.6 Å². The van der Waals surface area contributed by atoms with Crippen LogP contribution >= 0.6 is 11.9 Å². The van der Waals surface area contributed by atoms with Gasteiger partial charge in [-0.2, -0.15) is 10.4 Å². The van der Waals surface area contributed by atoms with E-state index in [0.717, 1.165) is 28.6 Å². The Kier molecular flexibility index (Phi) is 7.15. The lowest BCUT2D eigenvalue weighted by molar-refractivity contribution is -0.118. The molecule has 0 unspecified atom stereocenters. The second-order valence-electron chi connectivity index (χ2n) is 8.41. The second kappa shape index (κ2) is 9.02. The first-order valence-electron chi connectivity index (χ1n) is 9.73. The van der Waals surface area contributed by atoms with Crippen molar-refractivity contribution in [2.45, 2.75) is 70.4 Å². The summed E-state index contributed by atoms with van der Waals surface area (Å²) in [5, 5.41) is 24.5. The van der Waals surface area contributed by atoms with Crippen LogP contribution in [-0.4, -0.2) is 20.8 Å². The number of nitrogens with zero attached hydrogens (tertiary/aromatic N) is 3. The summed E-state index contributed by atoms with van der Waals surface area (Å²) in [7, 11) is 1.76. The third kappa shape index (κ3) is 5.62. The highest BCUT2D eigenvalue weighted by Gasteiger charge is 2.22. The number of amides is 1. The van der Waals surface area contributed by atoms with Gasteiger partial charge in [-0.25, -0.2) is 0 Å². The Balaban J connectivity index is 2.22. The van der Waals surface area contributed by atoms with Crippen molar-refractivity contribution in [3.05, 3.63) is 46.1 Å². The number of nitrogens with one attached hydrogen (secondary N) is 1. The highest BCUT2D eigenvalue weighted by molar-refractivity contribution is 7.97. The third-order valence-corrected chi connectivity index (χ3v) is 5.52. The molecule has 29 heavy (non-hydrogen) atoms. The van der Waals surface area contributed by atoms with Crippen LogP contribution in [0.2, 0.25) is 0 Å². The van der Waals surface area contributed by atoms with Crippen LogP contribution in [0.3, 0.4) is 0 Å². The van der Waals surface area contributed by atoms with Crippen LogP contribution in [0, 0.1) is 11.3 Å². The zero-order chi connectivity index (χ0) is 21.9. The van der Waals surface area contributed by atoms with E-state index in [1.54, 1.807) is 31.6 Å². The largest absolute Gasteiger partial charge is 0.384 e. The smallest absolute Gasteiger partial charge is 0.234 e. The van der Waals surface area contributed by atoms with Gasteiger partial charge in [0.15, 0.2) is 0 Å². The number of rotatable bonds is 7. The van der Waals surface area contributed by atoms with Gasteiger partial charge in [0.25, 0.3) is 0 Å². The average Bonchev–Trinajstić information content (AvgIpc) is 3.00. The Morgan fingerprint density at radius 2 is 1.79 bits per heavy atom. The van der Waals surface area contributed by atoms with E-state index in [0.29, 0.717) is 16.3 Å². The quantitative estimate of drug-likeness (QED) is 0.665. The highest BCUT2D eigenvalue weighted by atomic mass is 32.2. The molecular formula is C22H30N4O2S. The Morgan fingerprint density at radius 1 is 1.24 bits per heavy atom. The minimum absolute atomic E-state index is 0.126. The van der Waals surface area contributed by atoms with Crippen molar-refractivity contribution in [3.63, 3.8) is 0 Å². The van der Waals surface area contributed by atoms with Gasteiger partial charge in [0.2, 0.25) is 5.91 Å². The number of aryl methyl sites for hydroxylation is 1. The highest BCUT2D eigenvalue weighted by Crippen LogP contribution is 2.30. The first-order chi connectivity index (χ1) is 13.4. The van der Waals surface area contributed by atoms with Crippen LogP contribution in [0.25, 0.3) is 0 Å². The van der Waals surface area contributed by atoms with E-state index < -0.39 is 5.60 Å². The fourth-order valence-corrected chi connectivity index (χ4v) is 4.01. The fourth-order valence-electron chi connectivity index (χ4n) is 3.39. The Hall–Kier alpha value is -2.30. The summed E-state index contributed by atoms with van der Waals surface area (Å²) in [6.07, 6.45) is 0.241. The molecule has 0 bridgehead atoms. The average molecular weight is 415 g/mol. The number of nitriles is 1. The topological polar surface area (TPSA) is 90.9 Å². The first kappa shape index (κ1) is 23.0. The molecule has 7 heteroatoms. The molecule has 0 saturated carbocycles. The molecule has 0 aliphatic carbocycles. The van der Waals surface area contributed by atoms with Crippen LogP contribution in [0.15, 0.2) is 23.2 Å². The number of hydrogen-bond donors (Lipinski definition) is 2. The van der Waals surface area contributed by atoms with E-state index in [1.165, 1.54) is 0 Å². The van der Waals surface area contributed by atoms with Gasteiger partial charge >= 0.3 is 0 Å². The lowest BCUT2D eigenvalue weighted by atomic mass is 9.85. The summed E-state index contributed by atoms with van der Waals surface area (Å²) in [5.41, 5.74) is 3.36. The van der Waals surface area contributed by atoms with Gasteiger partial charge in [0.1, 0.15) is 10.6 Å². The van der Waals surface area contributed by atoms with E-state index in [9.17, 15) is 15.2 Å². The molecule has 1 aromatic heterocycles. The minimum Gasteiger partial charge on any atom is -0.384 e. The van der Waals surface area contributed by atoms with E-state index in [1.807, 2.05) is 12.1 Å².